The molecule has 4 rings (SSSR count). The minimum Gasteiger partial charge on any atom is -0.338 e. The van der Waals surface area contributed by atoms with Crippen molar-refractivity contribution in [2.45, 2.75) is 11.2 Å². The van der Waals surface area contributed by atoms with Gasteiger partial charge >= 0.3 is 0 Å². The number of halogens is 1. The van der Waals surface area contributed by atoms with Gasteiger partial charge in [-0.15, -0.1) is 0 Å². The highest BCUT2D eigenvalue weighted by Gasteiger charge is 2.21. The molecule has 0 aliphatic heterocycles. The number of thioether (sulfide) groups is 1. The van der Waals surface area contributed by atoms with Crippen molar-refractivity contribution in [2.75, 3.05) is 11.1 Å². The van der Waals surface area contributed by atoms with Crippen molar-refractivity contribution in [3.63, 3.8) is 0 Å². The third-order valence-electron chi connectivity index (χ3n) is 5.14. The molecule has 1 atom stereocenters. The second-order valence-corrected chi connectivity index (χ2v) is 8.97. The van der Waals surface area contributed by atoms with Gasteiger partial charge in [0, 0.05) is 55.2 Å². The molecular formula is C24H23ClN6O2S. The summed E-state index contributed by atoms with van der Waals surface area (Å²) in [5, 5.41) is 7.27. The van der Waals surface area contributed by atoms with E-state index >= 15 is 0 Å². The minimum atomic E-state index is -0.452. The predicted octanol–water partition coefficient (Wildman–Crippen LogP) is 4.06. The van der Waals surface area contributed by atoms with E-state index in [2.05, 4.69) is 20.6 Å². The number of hydrogen-bond donors (Lipinski definition) is 2. The Morgan fingerprint density at radius 2 is 1.65 bits per heavy atom. The van der Waals surface area contributed by atoms with Gasteiger partial charge < -0.3 is 19.8 Å². The van der Waals surface area contributed by atoms with Gasteiger partial charge in [0.25, 0.3) is 5.91 Å². The van der Waals surface area contributed by atoms with Crippen molar-refractivity contribution in [1.29, 1.82) is 0 Å². The number of aryl methyl sites for hydroxylation is 2. The van der Waals surface area contributed by atoms with Crippen molar-refractivity contribution in [1.82, 2.24) is 24.4 Å². The average Bonchev–Trinajstić information content (AvgIpc) is 3.44. The lowest BCUT2D eigenvalue weighted by molar-refractivity contribution is -0.113. The molecule has 4 aromatic rings. The number of amides is 2. The maximum atomic E-state index is 13.0. The summed E-state index contributed by atoms with van der Waals surface area (Å²) in [5.74, 6) is 0.526. The summed E-state index contributed by atoms with van der Waals surface area (Å²) in [5.41, 5.74) is 1.94. The molecule has 10 heteroatoms. The third kappa shape index (κ3) is 5.67. The smallest absolute Gasteiger partial charge is 0.252 e. The normalized spacial score (nSPS) is 11.7. The summed E-state index contributed by atoms with van der Waals surface area (Å²) in [7, 11) is 3.75. The number of anilines is 1. The van der Waals surface area contributed by atoms with E-state index in [1.54, 1.807) is 48.8 Å². The lowest BCUT2D eigenvalue weighted by Crippen LogP contribution is -2.31. The monoisotopic (exact) mass is 494 g/mol. The number of imidazole rings is 2. The van der Waals surface area contributed by atoms with Gasteiger partial charge in [-0.2, -0.15) is 0 Å². The maximum Gasteiger partial charge on any atom is 0.252 e. The second kappa shape index (κ2) is 10.6. The van der Waals surface area contributed by atoms with E-state index in [0.717, 1.165) is 10.7 Å². The number of rotatable bonds is 8. The van der Waals surface area contributed by atoms with Crippen molar-refractivity contribution in [2.24, 2.45) is 14.1 Å². The van der Waals surface area contributed by atoms with Crippen molar-refractivity contribution >= 4 is 40.9 Å². The van der Waals surface area contributed by atoms with Gasteiger partial charge in [0.15, 0.2) is 5.16 Å². The second-order valence-electron chi connectivity index (χ2n) is 7.59. The molecule has 1 unspecified atom stereocenters. The summed E-state index contributed by atoms with van der Waals surface area (Å²) in [6.45, 7) is 0. The first-order chi connectivity index (χ1) is 16.4. The van der Waals surface area contributed by atoms with Crippen LogP contribution in [0.1, 0.15) is 27.8 Å². The fourth-order valence-electron chi connectivity index (χ4n) is 3.35. The first kappa shape index (κ1) is 23.6. The fraction of sp³-hybridized carbons (Fsp3) is 0.167. The average molecular weight is 495 g/mol. The Labute approximate surface area is 206 Å². The zero-order valence-electron chi connectivity index (χ0n) is 18.6. The summed E-state index contributed by atoms with van der Waals surface area (Å²) in [6.07, 6.45) is 7.03. The molecule has 2 aromatic heterocycles. The van der Waals surface area contributed by atoms with Crippen LogP contribution >= 0.6 is 23.4 Å². The number of carbonyl (C=O) groups is 2. The fourth-order valence-corrected chi connectivity index (χ4v) is 4.20. The van der Waals surface area contributed by atoms with Gasteiger partial charge in [0.2, 0.25) is 5.91 Å². The van der Waals surface area contributed by atoms with Gasteiger partial charge in [-0.3, -0.25) is 9.59 Å². The molecule has 0 spiro atoms. The van der Waals surface area contributed by atoms with E-state index < -0.39 is 6.04 Å². The molecule has 2 aromatic carbocycles. The molecular weight excluding hydrogens is 472 g/mol. The Bertz CT molecular complexity index is 1280. The van der Waals surface area contributed by atoms with E-state index in [4.69, 9.17) is 11.6 Å². The topological polar surface area (TPSA) is 93.8 Å². The Morgan fingerprint density at radius 1 is 0.971 bits per heavy atom. The zero-order valence-corrected chi connectivity index (χ0v) is 20.2. The molecule has 0 bridgehead atoms. The van der Waals surface area contributed by atoms with Gasteiger partial charge in [-0.25, -0.2) is 9.97 Å². The van der Waals surface area contributed by atoms with Gasteiger partial charge in [-0.1, -0.05) is 35.5 Å². The van der Waals surface area contributed by atoms with Crippen LogP contribution in [0, 0.1) is 0 Å². The molecule has 0 aliphatic rings. The van der Waals surface area contributed by atoms with Gasteiger partial charge in [0.05, 0.1) is 5.75 Å². The maximum absolute atomic E-state index is 13.0. The molecule has 0 saturated carbocycles. The summed E-state index contributed by atoms with van der Waals surface area (Å²) >= 11 is 7.39. The largest absolute Gasteiger partial charge is 0.338 e. The molecule has 0 fully saturated rings. The van der Waals surface area contributed by atoms with Crippen LogP contribution in [-0.2, 0) is 18.9 Å². The van der Waals surface area contributed by atoms with Gasteiger partial charge in [-0.05, 0) is 42.0 Å². The first-order valence-corrected chi connectivity index (χ1v) is 11.8. The van der Waals surface area contributed by atoms with Crippen LogP contribution < -0.4 is 10.6 Å². The van der Waals surface area contributed by atoms with Crippen molar-refractivity contribution < 1.29 is 9.59 Å². The zero-order chi connectivity index (χ0) is 24.1. The molecule has 2 amide bonds. The highest BCUT2D eigenvalue weighted by Crippen LogP contribution is 2.23. The molecule has 2 N–H and O–H groups in total. The third-order valence-corrected chi connectivity index (χ3v) is 6.45. The van der Waals surface area contributed by atoms with Crippen LogP contribution in [0.15, 0.2) is 78.5 Å². The standard InChI is InChI=1S/C24H23ClN6O2S/c1-30-13-11-26-22(30)21(16-3-7-18(25)8-4-16)29-23(33)17-5-9-19(10-6-17)28-20(32)15-34-24-27-12-14-31(24)2/h3-14,21H,15H2,1-2H3,(H,28,32)(H,29,33). The number of aromatic nitrogens is 4. The Morgan fingerprint density at radius 3 is 2.26 bits per heavy atom. The molecule has 174 valence electrons. The van der Waals surface area contributed by atoms with Crippen LogP contribution in [0.25, 0.3) is 0 Å². The number of nitrogens with one attached hydrogen (secondary N) is 2. The Balaban J connectivity index is 1.41. The van der Waals surface area contributed by atoms with Crippen molar-refractivity contribution in [3.05, 3.63) is 95.3 Å². The van der Waals surface area contributed by atoms with Gasteiger partial charge in [0.1, 0.15) is 11.9 Å². The Hall–Kier alpha value is -3.56. The van der Waals surface area contributed by atoms with E-state index in [1.807, 2.05) is 47.8 Å². The van der Waals surface area contributed by atoms with E-state index in [1.165, 1.54) is 11.8 Å². The minimum absolute atomic E-state index is 0.150. The van der Waals surface area contributed by atoms with E-state index in [9.17, 15) is 9.59 Å². The highest BCUT2D eigenvalue weighted by molar-refractivity contribution is 7.99. The quantitative estimate of drug-likeness (QED) is 0.360. The summed E-state index contributed by atoms with van der Waals surface area (Å²) < 4.78 is 3.72. The SMILES string of the molecule is Cn1ccnc1SCC(=O)Nc1ccc(C(=O)NC(c2ccc(Cl)cc2)c2nccn2C)cc1. The lowest BCUT2D eigenvalue weighted by Gasteiger charge is -2.19. The summed E-state index contributed by atoms with van der Waals surface area (Å²) in [6, 6.07) is 13.6. The molecule has 34 heavy (non-hydrogen) atoms. The summed E-state index contributed by atoms with van der Waals surface area (Å²) in [4.78, 5) is 33.9. The van der Waals surface area contributed by atoms with E-state index in [0.29, 0.717) is 22.1 Å². The molecule has 2 heterocycles. The van der Waals surface area contributed by atoms with Crippen molar-refractivity contribution in [3.8, 4) is 0 Å². The van der Waals surface area contributed by atoms with Crippen LogP contribution in [0.5, 0.6) is 0 Å². The Kier molecular flexibility index (Phi) is 7.34. The molecule has 8 nitrogen and oxygen atoms in total. The van der Waals surface area contributed by atoms with Crippen LogP contribution in [0.3, 0.4) is 0 Å². The van der Waals surface area contributed by atoms with E-state index in [-0.39, 0.29) is 17.6 Å². The first-order valence-electron chi connectivity index (χ1n) is 10.4. The molecule has 0 aliphatic carbocycles. The van der Waals surface area contributed by atoms with Crippen LogP contribution in [0.4, 0.5) is 5.69 Å². The molecule has 0 radical (unpaired) electrons. The predicted molar refractivity (Wildman–Crippen MR) is 133 cm³/mol. The number of benzene rings is 2. The number of nitrogens with zero attached hydrogens (tertiary/aromatic N) is 4. The van der Waals surface area contributed by atoms with Crippen LogP contribution in [0.2, 0.25) is 5.02 Å². The lowest BCUT2D eigenvalue weighted by atomic mass is 10.1. The number of hydrogen-bond acceptors (Lipinski definition) is 5. The molecule has 0 saturated heterocycles. The highest BCUT2D eigenvalue weighted by atomic mass is 35.5. The van der Waals surface area contributed by atoms with Crippen LogP contribution in [-0.4, -0.2) is 36.7 Å². The number of carbonyl (C=O) groups excluding carboxylic acids is 2.